The Kier molecular flexibility index (Phi) is 4.37. The van der Waals surface area contributed by atoms with Crippen molar-refractivity contribution in [3.63, 3.8) is 0 Å². The van der Waals surface area contributed by atoms with Gasteiger partial charge in [0.2, 0.25) is 5.91 Å². The van der Waals surface area contributed by atoms with Gasteiger partial charge in [0.05, 0.1) is 6.42 Å². The molecule has 1 amide bonds. The van der Waals surface area contributed by atoms with Gasteiger partial charge in [0.15, 0.2) is 0 Å². The molecular weight excluding hydrogens is 224 g/mol. The summed E-state index contributed by atoms with van der Waals surface area (Å²) in [6.07, 6.45) is 6.50. The molecule has 0 fully saturated rings. The van der Waals surface area contributed by atoms with Crippen molar-refractivity contribution in [3.05, 3.63) is 29.3 Å². The highest BCUT2D eigenvalue weighted by atomic mass is 16.1. The number of anilines is 1. The zero-order valence-corrected chi connectivity index (χ0v) is 11.0. The molecule has 1 aliphatic heterocycles. The fourth-order valence-corrected chi connectivity index (χ4v) is 2.44. The van der Waals surface area contributed by atoms with Crippen LogP contribution >= 0.6 is 0 Å². The Bertz CT molecular complexity index is 429. The van der Waals surface area contributed by atoms with Gasteiger partial charge < -0.3 is 11.1 Å². The number of rotatable bonds is 6. The Morgan fingerprint density at radius 1 is 1.33 bits per heavy atom. The molecule has 0 saturated heterocycles. The van der Waals surface area contributed by atoms with Crippen molar-refractivity contribution in [2.75, 3.05) is 5.32 Å². The molecule has 1 aromatic rings. The molecule has 1 heterocycles. The van der Waals surface area contributed by atoms with Gasteiger partial charge in [-0.2, -0.15) is 0 Å². The Morgan fingerprint density at radius 2 is 2.17 bits per heavy atom. The van der Waals surface area contributed by atoms with Gasteiger partial charge in [0.25, 0.3) is 0 Å². The SMILES string of the molecule is CCCCCCC(N)c1ccc2c(c1)CC(=O)N2. The van der Waals surface area contributed by atoms with Gasteiger partial charge in [-0.3, -0.25) is 4.79 Å². The number of hydrogen-bond donors (Lipinski definition) is 2. The van der Waals surface area contributed by atoms with Gasteiger partial charge in [0, 0.05) is 11.7 Å². The van der Waals surface area contributed by atoms with Crippen LogP contribution in [0.5, 0.6) is 0 Å². The molecule has 2 rings (SSSR count). The largest absolute Gasteiger partial charge is 0.326 e. The van der Waals surface area contributed by atoms with E-state index < -0.39 is 0 Å². The van der Waals surface area contributed by atoms with Gasteiger partial charge in [-0.15, -0.1) is 0 Å². The minimum atomic E-state index is 0.0821. The molecule has 0 saturated carbocycles. The number of nitrogens with two attached hydrogens (primary N) is 1. The molecule has 0 bridgehead atoms. The topological polar surface area (TPSA) is 55.1 Å². The Hall–Kier alpha value is -1.35. The van der Waals surface area contributed by atoms with E-state index in [1.54, 1.807) is 0 Å². The lowest BCUT2D eigenvalue weighted by Crippen LogP contribution is -2.10. The zero-order valence-electron chi connectivity index (χ0n) is 11.0. The summed E-state index contributed by atoms with van der Waals surface area (Å²) in [5.74, 6) is 0.0821. The van der Waals surface area contributed by atoms with Gasteiger partial charge >= 0.3 is 0 Å². The average Bonchev–Trinajstić information content (AvgIpc) is 2.73. The molecule has 98 valence electrons. The van der Waals surface area contributed by atoms with Crippen LogP contribution in [0.25, 0.3) is 0 Å². The summed E-state index contributed by atoms with van der Waals surface area (Å²) in [6.45, 7) is 2.21. The second-order valence-electron chi connectivity index (χ2n) is 5.10. The van der Waals surface area contributed by atoms with Crippen LogP contribution < -0.4 is 11.1 Å². The van der Waals surface area contributed by atoms with E-state index in [2.05, 4.69) is 18.3 Å². The summed E-state index contributed by atoms with van der Waals surface area (Å²) in [4.78, 5) is 11.3. The predicted molar refractivity (Wildman–Crippen MR) is 74.5 cm³/mol. The first kappa shape index (κ1) is 13.1. The van der Waals surface area contributed by atoms with Crippen LogP contribution in [0.2, 0.25) is 0 Å². The van der Waals surface area contributed by atoms with Crippen molar-refractivity contribution in [1.82, 2.24) is 0 Å². The number of amides is 1. The fraction of sp³-hybridized carbons (Fsp3) is 0.533. The van der Waals surface area contributed by atoms with E-state index in [0.29, 0.717) is 6.42 Å². The van der Waals surface area contributed by atoms with Crippen LogP contribution in [0, 0.1) is 0 Å². The third-order valence-electron chi connectivity index (χ3n) is 3.55. The number of carbonyl (C=O) groups is 1. The molecule has 3 nitrogen and oxygen atoms in total. The molecular formula is C15H22N2O. The number of hydrogen-bond acceptors (Lipinski definition) is 2. The van der Waals surface area contributed by atoms with Crippen molar-refractivity contribution in [3.8, 4) is 0 Å². The minimum Gasteiger partial charge on any atom is -0.326 e. The summed E-state index contributed by atoms with van der Waals surface area (Å²) in [5.41, 5.74) is 9.39. The first-order chi connectivity index (χ1) is 8.70. The highest BCUT2D eigenvalue weighted by molar-refractivity contribution is 5.99. The van der Waals surface area contributed by atoms with Crippen LogP contribution in [0.15, 0.2) is 18.2 Å². The summed E-state index contributed by atoms with van der Waals surface area (Å²) >= 11 is 0. The number of nitrogens with one attached hydrogen (secondary N) is 1. The molecule has 1 aromatic carbocycles. The Morgan fingerprint density at radius 3 is 2.94 bits per heavy atom. The number of carbonyl (C=O) groups excluding carboxylic acids is 1. The van der Waals surface area contributed by atoms with E-state index >= 15 is 0 Å². The van der Waals surface area contributed by atoms with Crippen LogP contribution in [-0.4, -0.2) is 5.91 Å². The van der Waals surface area contributed by atoms with Crippen LogP contribution in [0.4, 0.5) is 5.69 Å². The maximum atomic E-state index is 11.3. The molecule has 1 unspecified atom stereocenters. The molecule has 1 atom stereocenters. The van der Waals surface area contributed by atoms with Crippen LogP contribution in [0.1, 0.15) is 56.2 Å². The van der Waals surface area contributed by atoms with Gasteiger partial charge in [-0.05, 0) is 23.6 Å². The van der Waals surface area contributed by atoms with E-state index in [1.807, 2.05) is 12.1 Å². The molecule has 0 radical (unpaired) electrons. The van der Waals surface area contributed by atoms with Gasteiger partial charge in [-0.1, -0.05) is 44.7 Å². The highest BCUT2D eigenvalue weighted by Gasteiger charge is 2.18. The van der Waals surface area contributed by atoms with E-state index in [0.717, 1.165) is 23.2 Å². The second kappa shape index (κ2) is 6.01. The third-order valence-corrected chi connectivity index (χ3v) is 3.55. The van der Waals surface area contributed by atoms with Gasteiger partial charge in [-0.25, -0.2) is 0 Å². The molecule has 0 aromatic heterocycles. The Balaban J connectivity index is 1.93. The first-order valence-corrected chi connectivity index (χ1v) is 6.89. The van der Waals surface area contributed by atoms with E-state index in [9.17, 15) is 4.79 Å². The standard InChI is InChI=1S/C15H22N2O/c1-2-3-4-5-6-13(16)11-7-8-14-12(9-11)10-15(18)17-14/h7-9,13H,2-6,10,16H2,1H3,(H,17,18). The second-order valence-corrected chi connectivity index (χ2v) is 5.10. The quantitative estimate of drug-likeness (QED) is 0.758. The molecule has 0 aliphatic carbocycles. The first-order valence-electron chi connectivity index (χ1n) is 6.89. The predicted octanol–water partition coefficient (Wildman–Crippen LogP) is 3.15. The maximum Gasteiger partial charge on any atom is 0.228 e. The summed E-state index contributed by atoms with van der Waals surface area (Å²) in [7, 11) is 0. The van der Waals surface area contributed by atoms with Crippen molar-refractivity contribution >= 4 is 11.6 Å². The van der Waals surface area contributed by atoms with Crippen LogP contribution in [0.3, 0.4) is 0 Å². The van der Waals surface area contributed by atoms with Crippen molar-refractivity contribution < 1.29 is 4.79 Å². The molecule has 3 heteroatoms. The normalized spacial score (nSPS) is 15.3. The molecule has 1 aliphatic rings. The number of benzene rings is 1. The van der Waals surface area contributed by atoms with Crippen molar-refractivity contribution in [2.24, 2.45) is 5.73 Å². The number of fused-ring (bicyclic) bond motifs is 1. The third kappa shape index (κ3) is 3.10. The van der Waals surface area contributed by atoms with Crippen LogP contribution in [-0.2, 0) is 11.2 Å². The van der Waals surface area contributed by atoms with Gasteiger partial charge in [0.1, 0.15) is 0 Å². The lowest BCUT2D eigenvalue weighted by atomic mass is 9.98. The highest BCUT2D eigenvalue weighted by Crippen LogP contribution is 2.27. The fourth-order valence-electron chi connectivity index (χ4n) is 2.44. The van der Waals surface area contributed by atoms with E-state index in [1.165, 1.54) is 25.7 Å². The van der Waals surface area contributed by atoms with E-state index in [4.69, 9.17) is 5.73 Å². The Labute approximate surface area is 109 Å². The smallest absolute Gasteiger partial charge is 0.228 e. The minimum absolute atomic E-state index is 0.0821. The van der Waals surface area contributed by atoms with Crippen molar-refractivity contribution in [1.29, 1.82) is 0 Å². The summed E-state index contributed by atoms with van der Waals surface area (Å²) in [6, 6.07) is 6.19. The van der Waals surface area contributed by atoms with E-state index in [-0.39, 0.29) is 11.9 Å². The lowest BCUT2D eigenvalue weighted by Gasteiger charge is -2.13. The summed E-state index contributed by atoms with van der Waals surface area (Å²) < 4.78 is 0. The van der Waals surface area contributed by atoms with Crippen molar-refractivity contribution in [2.45, 2.75) is 51.5 Å². The zero-order chi connectivity index (χ0) is 13.0. The molecule has 18 heavy (non-hydrogen) atoms. The maximum absolute atomic E-state index is 11.3. The summed E-state index contributed by atoms with van der Waals surface area (Å²) in [5, 5.41) is 2.84. The molecule has 3 N–H and O–H groups in total. The lowest BCUT2D eigenvalue weighted by molar-refractivity contribution is -0.115. The number of unbranched alkanes of at least 4 members (excludes halogenated alkanes) is 3. The monoisotopic (exact) mass is 246 g/mol. The average molecular weight is 246 g/mol. The molecule has 0 spiro atoms.